The number of ether oxygens (including phenoxy) is 1. The molecule has 0 bridgehead atoms. The van der Waals surface area contributed by atoms with Crippen molar-refractivity contribution in [3.8, 4) is 0 Å². The molecule has 2 heterocycles. The zero-order valence-corrected chi connectivity index (χ0v) is 19.2. The molecule has 2 atom stereocenters. The summed E-state index contributed by atoms with van der Waals surface area (Å²) in [5.41, 5.74) is 0.992. The first kappa shape index (κ1) is 22.9. The van der Waals surface area contributed by atoms with Crippen molar-refractivity contribution in [2.75, 3.05) is 51.3 Å². The molecule has 0 aromatic carbocycles. The van der Waals surface area contributed by atoms with Crippen molar-refractivity contribution < 1.29 is 9.53 Å². The van der Waals surface area contributed by atoms with Crippen LogP contribution in [0.25, 0.3) is 0 Å². The Morgan fingerprint density at radius 2 is 1.97 bits per heavy atom. The van der Waals surface area contributed by atoms with Crippen LogP contribution in [0, 0.1) is 5.92 Å². The number of piperazine rings is 1. The van der Waals surface area contributed by atoms with E-state index in [4.69, 9.17) is 14.7 Å². The van der Waals surface area contributed by atoms with Crippen molar-refractivity contribution in [1.82, 2.24) is 20.2 Å². The number of carbonyl (C=O) groups excluding carboxylic acids is 1. The summed E-state index contributed by atoms with van der Waals surface area (Å²) in [6.45, 7) is 12.5. The highest BCUT2D eigenvalue weighted by Gasteiger charge is 2.26. The first-order valence-corrected chi connectivity index (χ1v) is 11.4. The molecule has 1 aromatic rings. The topological polar surface area (TPSA) is 70.6 Å². The SMILES string of the molecule is COCCc1cc(N2CCN(CCC3CCC(NC=O)C3)CC2)nc(C(C)(C)C)n1. The van der Waals surface area contributed by atoms with Crippen LogP contribution in [0.15, 0.2) is 6.07 Å². The number of amides is 1. The Bertz CT molecular complexity index is 683. The van der Waals surface area contributed by atoms with E-state index in [2.05, 4.69) is 42.0 Å². The zero-order chi connectivity index (χ0) is 21.6. The number of rotatable bonds is 9. The van der Waals surface area contributed by atoms with Gasteiger partial charge in [-0.2, -0.15) is 0 Å². The van der Waals surface area contributed by atoms with Gasteiger partial charge in [-0.05, 0) is 38.1 Å². The molecule has 1 aromatic heterocycles. The molecule has 0 spiro atoms. The molecule has 1 saturated carbocycles. The van der Waals surface area contributed by atoms with Gasteiger partial charge in [0.2, 0.25) is 6.41 Å². The third-order valence-corrected chi connectivity index (χ3v) is 6.39. The van der Waals surface area contributed by atoms with Crippen molar-refractivity contribution in [2.24, 2.45) is 5.92 Å². The molecule has 2 unspecified atom stereocenters. The lowest BCUT2D eigenvalue weighted by molar-refractivity contribution is -0.110. The van der Waals surface area contributed by atoms with Crippen LogP contribution in [0.3, 0.4) is 0 Å². The molecule has 1 aliphatic carbocycles. The summed E-state index contributed by atoms with van der Waals surface area (Å²) in [5, 5.41) is 2.95. The molecule has 3 rings (SSSR count). The number of methoxy groups -OCH3 is 1. The molecule has 1 amide bonds. The van der Waals surface area contributed by atoms with Gasteiger partial charge in [0.25, 0.3) is 0 Å². The summed E-state index contributed by atoms with van der Waals surface area (Å²) in [5.74, 6) is 2.72. The standard InChI is InChI=1S/C23H39N5O2/c1-23(2,3)22-25-20(8-14-30-4)16-21(26-22)28-12-10-27(11-13-28)9-7-18-5-6-19(15-18)24-17-29/h16-19H,5-15H2,1-4H3,(H,24,29). The molecule has 1 N–H and O–H groups in total. The molecule has 30 heavy (non-hydrogen) atoms. The normalized spacial score (nSPS) is 23.0. The van der Waals surface area contributed by atoms with Gasteiger partial charge in [0, 0.05) is 62.9 Å². The molecule has 0 radical (unpaired) electrons. The van der Waals surface area contributed by atoms with E-state index in [0.29, 0.717) is 12.6 Å². The summed E-state index contributed by atoms with van der Waals surface area (Å²) in [6, 6.07) is 2.54. The summed E-state index contributed by atoms with van der Waals surface area (Å²) in [7, 11) is 1.73. The van der Waals surface area contributed by atoms with Crippen LogP contribution >= 0.6 is 0 Å². The number of hydrogen-bond acceptors (Lipinski definition) is 6. The maximum absolute atomic E-state index is 10.6. The molecule has 2 fully saturated rings. The molecule has 2 aliphatic rings. The van der Waals surface area contributed by atoms with E-state index in [0.717, 1.165) is 81.7 Å². The smallest absolute Gasteiger partial charge is 0.207 e. The predicted octanol–water partition coefficient (Wildman–Crippen LogP) is 2.39. The number of nitrogens with zero attached hydrogens (tertiary/aromatic N) is 4. The number of nitrogens with one attached hydrogen (secondary N) is 1. The largest absolute Gasteiger partial charge is 0.384 e. The van der Waals surface area contributed by atoms with Gasteiger partial charge in [0.15, 0.2) is 0 Å². The predicted molar refractivity (Wildman–Crippen MR) is 120 cm³/mol. The maximum atomic E-state index is 10.6. The lowest BCUT2D eigenvalue weighted by atomic mass is 9.95. The molecule has 168 valence electrons. The van der Waals surface area contributed by atoms with Gasteiger partial charge in [-0.15, -0.1) is 0 Å². The average molecular weight is 418 g/mol. The fourth-order valence-electron chi connectivity index (χ4n) is 4.47. The van der Waals surface area contributed by atoms with Crippen LogP contribution in [-0.2, 0) is 21.4 Å². The second-order valence-electron chi connectivity index (χ2n) is 9.81. The van der Waals surface area contributed by atoms with Crippen LogP contribution in [0.2, 0.25) is 0 Å². The van der Waals surface area contributed by atoms with Crippen molar-refractivity contribution in [3.05, 3.63) is 17.6 Å². The van der Waals surface area contributed by atoms with E-state index in [1.165, 1.54) is 12.8 Å². The molecule has 7 heteroatoms. The number of carbonyl (C=O) groups is 1. The second kappa shape index (κ2) is 10.5. The van der Waals surface area contributed by atoms with Crippen LogP contribution in [0.5, 0.6) is 0 Å². The van der Waals surface area contributed by atoms with Gasteiger partial charge in [-0.1, -0.05) is 20.8 Å². The van der Waals surface area contributed by atoms with Crippen LogP contribution < -0.4 is 10.2 Å². The van der Waals surface area contributed by atoms with Gasteiger partial charge in [0.1, 0.15) is 11.6 Å². The Labute approximate surface area is 181 Å². The van der Waals surface area contributed by atoms with Gasteiger partial charge in [0.05, 0.1) is 6.61 Å². The van der Waals surface area contributed by atoms with Gasteiger partial charge >= 0.3 is 0 Å². The van der Waals surface area contributed by atoms with E-state index in [1.54, 1.807) is 7.11 Å². The Morgan fingerprint density at radius 1 is 1.20 bits per heavy atom. The average Bonchev–Trinajstić information content (AvgIpc) is 3.18. The lowest BCUT2D eigenvalue weighted by Gasteiger charge is -2.36. The van der Waals surface area contributed by atoms with E-state index in [-0.39, 0.29) is 5.41 Å². The highest BCUT2D eigenvalue weighted by atomic mass is 16.5. The third kappa shape index (κ3) is 6.38. The number of anilines is 1. The highest BCUT2D eigenvalue weighted by Crippen LogP contribution is 2.28. The van der Waals surface area contributed by atoms with Crippen molar-refractivity contribution in [3.63, 3.8) is 0 Å². The van der Waals surface area contributed by atoms with E-state index >= 15 is 0 Å². The third-order valence-electron chi connectivity index (χ3n) is 6.39. The zero-order valence-electron chi connectivity index (χ0n) is 19.2. The van der Waals surface area contributed by atoms with Crippen LogP contribution in [-0.4, -0.2) is 73.8 Å². The Balaban J connectivity index is 1.53. The molecular weight excluding hydrogens is 378 g/mol. The summed E-state index contributed by atoms with van der Waals surface area (Å²) < 4.78 is 5.26. The first-order valence-electron chi connectivity index (χ1n) is 11.4. The summed E-state index contributed by atoms with van der Waals surface area (Å²) in [4.78, 5) is 25.3. The summed E-state index contributed by atoms with van der Waals surface area (Å²) >= 11 is 0. The number of aromatic nitrogens is 2. The quantitative estimate of drug-likeness (QED) is 0.622. The minimum Gasteiger partial charge on any atom is -0.384 e. The fraction of sp³-hybridized carbons (Fsp3) is 0.783. The van der Waals surface area contributed by atoms with Crippen molar-refractivity contribution >= 4 is 12.2 Å². The lowest BCUT2D eigenvalue weighted by Crippen LogP contribution is -2.47. The number of hydrogen-bond donors (Lipinski definition) is 1. The Morgan fingerprint density at radius 3 is 2.63 bits per heavy atom. The molecule has 1 saturated heterocycles. The van der Waals surface area contributed by atoms with Gasteiger partial charge in [-0.3, -0.25) is 9.69 Å². The minimum atomic E-state index is -0.0719. The minimum absolute atomic E-state index is 0.0719. The van der Waals surface area contributed by atoms with Crippen LogP contribution in [0.1, 0.15) is 58.0 Å². The molecule has 1 aliphatic heterocycles. The Kier molecular flexibility index (Phi) is 8.06. The maximum Gasteiger partial charge on any atom is 0.207 e. The summed E-state index contributed by atoms with van der Waals surface area (Å²) in [6.07, 6.45) is 6.42. The monoisotopic (exact) mass is 417 g/mol. The van der Waals surface area contributed by atoms with Crippen molar-refractivity contribution in [2.45, 2.75) is 64.3 Å². The van der Waals surface area contributed by atoms with Gasteiger partial charge in [-0.25, -0.2) is 9.97 Å². The van der Waals surface area contributed by atoms with E-state index in [9.17, 15) is 4.79 Å². The molecular formula is C23H39N5O2. The first-order chi connectivity index (χ1) is 14.4. The van der Waals surface area contributed by atoms with Crippen molar-refractivity contribution in [1.29, 1.82) is 0 Å². The van der Waals surface area contributed by atoms with Crippen LogP contribution in [0.4, 0.5) is 5.82 Å². The highest BCUT2D eigenvalue weighted by molar-refractivity contribution is 5.46. The Hall–Kier alpha value is -1.73. The molecule has 7 nitrogen and oxygen atoms in total. The van der Waals surface area contributed by atoms with E-state index in [1.807, 2.05) is 0 Å². The van der Waals surface area contributed by atoms with Gasteiger partial charge < -0.3 is 15.0 Å². The van der Waals surface area contributed by atoms with E-state index < -0.39 is 0 Å². The fourth-order valence-corrected chi connectivity index (χ4v) is 4.47. The second-order valence-corrected chi connectivity index (χ2v) is 9.81.